The van der Waals surface area contributed by atoms with Gasteiger partial charge in [-0.3, -0.25) is 19.2 Å². The van der Waals surface area contributed by atoms with E-state index in [-0.39, 0.29) is 18.4 Å². The number of carbonyl (C=O) groups excluding carboxylic acids is 2. The van der Waals surface area contributed by atoms with Gasteiger partial charge >= 0.3 is 0 Å². The second-order valence-corrected chi connectivity index (χ2v) is 8.48. The highest BCUT2D eigenvalue weighted by atomic mass is 16.5. The molecule has 1 atom stereocenters. The predicted octanol–water partition coefficient (Wildman–Crippen LogP) is 3.25. The van der Waals surface area contributed by atoms with E-state index in [0.717, 1.165) is 11.1 Å². The number of aromatic nitrogens is 2. The molecule has 2 heterocycles. The molecule has 0 radical (unpaired) electrons. The highest BCUT2D eigenvalue weighted by Gasteiger charge is 2.49. The molecule has 2 amide bonds. The number of fused-ring (bicyclic) bond motifs is 1. The van der Waals surface area contributed by atoms with E-state index >= 15 is 0 Å². The predicted molar refractivity (Wildman–Crippen MR) is 125 cm³/mol. The molecule has 8 heteroatoms. The number of ether oxygens (including phenoxy) is 2. The summed E-state index contributed by atoms with van der Waals surface area (Å²) in [6, 6.07) is 14.9. The number of amides is 2. The Kier molecular flexibility index (Phi) is 5.84. The molecule has 2 aromatic carbocycles. The van der Waals surface area contributed by atoms with Gasteiger partial charge in [0.2, 0.25) is 5.91 Å². The molecule has 3 aromatic rings. The van der Waals surface area contributed by atoms with Gasteiger partial charge in [0, 0.05) is 24.7 Å². The van der Waals surface area contributed by atoms with Gasteiger partial charge in [0.25, 0.3) is 5.91 Å². The monoisotopic (exact) mass is 448 g/mol. The normalized spacial score (nSPS) is 17.5. The summed E-state index contributed by atoms with van der Waals surface area (Å²) in [6.45, 7) is 6.15. The molecule has 0 aliphatic carbocycles. The number of hydrogen-bond acceptors (Lipinski definition) is 5. The first kappa shape index (κ1) is 22.4. The lowest BCUT2D eigenvalue weighted by Gasteiger charge is -2.43. The lowest BCUT2D eigenvalue weighted by atomic mass is 9.93. The third kappa shape index (κ3) is 4.16. The zero-order valence-electron chi connectivity index (χ0n) is 19.5. The number of anilines is 1. The smallest absolute Gasteiger partial charge is 0.277 e. The molecular formula is C25H28N4O4. The molecular weight excluding hydrogens is 420 g/mol. The number of hydrogen-bond donors (Lipinski definition) is 1. The van der Waals surface area contributed by atoms with E-state index in [1.807, 2.05) is 38.1 Å². The summed E-state index contributed by atoms with van der Waals surface area (Å²) in [7, 11) is 3.09. The standard InChI is InChI=1S/C25H28N4O4/c1-16-6-8-18(9-7-16)14-26-24(31)25(3)15-28-22(10-17(2)27-28)23(30)29(25)19-11-20(32-4)13-21(12-19)33-5/h6-13H,14-15H2,1-5H3,(H,26,31). The molecule has 0 bridgehead atoms. The van der Waals surface area contributed by atoms with Crippen LogP contribution in [0.25, 0.3) is 0 Å². The molecule has 0 saturated carbocycles. The van der Waals surface area contributed by atoms with Crippen molar-refractivity contribution in [3.05, 3.63) is 71.0 Å². The van der Waals surface area contributed by atoms with Crippen LogP contribution in [0.3, 0.4) is 0 Å². The molecule has 8 nitrogen and oxygen atoms in total. The first-order chi connectivity index (χ1) is 15.7. The van der Waals surface area contributed by atoms with Crippen molar-refractivity contribution in [1.29, 1.82) is 0 Å². The third-order valence-electron chi connectivity index (χ3n) is 5.93. The number of benzene rings is 2. The zero-order valence-corrected chi connectivity index (χ0v) is 19.5. The van der Waals surface area contributed by atoms with Crippen molar-refractivity contribution in [1.82, 2.24) is 15.1 Å². The van der Waals surface area contributed by atoms with Crippen molar-refractivity contribution in [2.24, 2.45) is 0 Å². The van der Waals surface area contributed by atoms with Crippen LogP contribution in [-0.4, -0.2) is 41.4 Å². The third-order valence-corrected chi connectivity index (χ3v) is 5.93. The van der Waals surface area contributed by atoms with Crippen molar-refractivity contribution in [2.75, 3.05) is 19.1 Å². The summed E-state index contributed by atoms with van der Waals surface area (Å²) in [5.74, 6) is 0.451. The molecule has 1 aromatic heterocycles. The summed E-state index contributed by atoms with van der Waals surface area (Å²) in [5.41, 5.74) is 2.54. The van der Waals surface area contributed by atoms with Crippen LogP contribution in [0.1, 0.15) is 34.2 Å². The van der Waals surface area contributed by atoms with Crippen LogP contribution in [0, 0.1) is 13.8 Å². The fourth-order valence-corrected chi connectivity index (χ4v) is 4.11. The fourth-order valence-electron chi connectivity index (χ4n) is 4.11. The van der Waals surface area contributed by atoms with Gasteiger partial charge in [-0.2, -0.15) is 5.10 Å². The van der Waals surface area contributed by atoms with Gasteiger partial charge in [0.1, 0.15) is 22.7 Å². The zero-order chi connectivity index (χ0) is 23.8. The Morgan fingerprint density at radius 2 is 1.70 bits per heavy atom. The molecule has 1 aliphatic rings. The molecule has 0 fully saturated rings. The Labute approximate surface area is 193 Å². The van der Waals surface area contributed by atoms with E-state index in [1.165, 1.54) is 4.90 Å². The van der Waals surface area contributed by atoms with Gasteiger partial charge in [-0.25, -0.2) is 0 Å². The number of nitrogens with zero attached hydrogens (tertiary/aromatic N) is 3. The SMILES string of the molecule is COc1cc(OC)cc(N2C(=O)c3cc(C)nn3CC2(C)C(=O)NCc2ccc(C)cc2)c1. The summed E-state index contributed by atoms with van der Waals surface area (Å²) in [6.07, 6.45) is 0. The van der Waals surface area contributed by atoms with Crippen LogP contribution >= 0.6 is 0 Å². The maximum atomic E-state index is 13.7. The van der Waals surface area contributed by atoms with Gasteiger partial charge in [0.15, 0.2) is 0 Å². The van der Waals surface area contributed by atoms with Crippen molar-refractivity contribution >= 4 is 17.5 Å². The molecule has 33 heavy (non-hydrogen) atoms. The van der Waals surface area contributed by atoms with Gasteiger partial charge in [-0.1, -0.05) is 29.8 Å². The van der Waals surface area contributed by atoms with E-state index < -0.39 is 5.54 Å². The van der Waals surface area contributed by atoms with Crippen molar-refractivity contribution in [2.45, 2.75) is 39.4 Å². The molecule has 1 aliphatic heterocycles. The van der Waals surface area contributed by atoms with Crippen LogP contribution in [0.5, 0.6) is 11.5 Å². The number of nitrogens with one attached hydrogen (secondary N) is 1. The van der Waals surface area contributed by atoms with Crippen molar-refractivity contribution in [3.63, 3.8) is 0 Å². The average Bonchev–Trinajstić information content (AvgIpc) is 3.18. The summed E-state index contributed by atoms with van der Waals surface area (Å²) < 4.78 is 12.4. The number of carbonyl (C=O) groups is 2. The van der Waals surface area contributed by atoms with Gasteiger partial charge in [-0.15, -0.1) is 0 Å². The fraction of sp³-hybridized carbons (Fsp3) is 0.320. The van der Waals surface area contributed by atoms with E-state index in [9.17, 15) is 9.59 Å². The number of rotatable bonds is 6. The molecule has 1 N–H and O–H groups in total. The lowest BCUT2D eigenvalue weighted by Crippen LogP contribution is -2.64. The molecule has 4 rings (SSSR count). The first-order valence-electron chi connectivity index (χ1n) is 10.7. The van der Waals surface area contributed by atoms with Gasteiger partial charge < -0.3 is 14.8 Å². The Balaban J connectivity index is 1.75. The van der Waals surface area contributed by atoms with Crippen LogP contribution in [0.15, 0.2) is 48.5 Å². The highest BCUT2D eigenvalue weighted by molar-refractivity contribution is 6.12. The Morgan fingerprint density at radius 1 is 1.06 bits per heavy atom. The van der Waals surface area contributed by atoms with Crippen molar-refractivity contribution in [3.8, 4) is 11.5 Å². The van der Waals surface area contributed by atoms with Gasteiger partial charge in [0.05, 0.1) is 32.1 Å². The van der Waals surface area contributed by atoms with Crippen molar-refractivity contribution < 1.29 is 19.1 Å². The van der Waals surface area contributed by atoms with Crippen LogP contribution < -0.4 is 19.7 Å². The van der Waals surface area contributed by atoms with E-state index in [0.29, 0.717) is 35.1 Å². The maximum Gasteiger partial charge on any atom is 0.277 e. The van der Waals surface area contributed by atoms with E-state index in [1.54, 1.807) is 50.1 Å². The molecule has 1 unspecified atom stereocenters. The van der Waals surface area contributed by atoms with E-state index in [4.69, 9.17) is 9.47 Å². The van der Waals surface area contributed by atoms with Gasteiger partial charge in [-0.05, 0) is 32.4 Å². The second kappa shape index (κ2) is 8.61. The Hall–Kier alpha value is -3.81. The minimum atomic E-state index is -1.23. The largest absolute Gasteiger partial charge is 0.497 e. The summed E-state index contributed by atoms with van der Waals surface area (Å²) in [4.78, 5) is 28.8. The maximum absolute atomic E-state index is 13.7. The molecule has 172 valence electrons. The Morgan fingerprint density at radius 3 is 2.30 bits per heavy atom. The topological polar surface area (TPSA) is 85.7 Å². The summed E-state index contributed by atoms with van der Waals surface area (Å²) >= 11 is 0. The molecule has 0 saturated heterocycles. The Bertz CT molecular complexity index is 1180. The van der Waals surface area contributed by atoms with Crippen LogP contribution in [0.4, 0.5) is 5.69 Å². The second-order valence-electron chi connectivity index (χ2n) is 8.48. The van der Waals surface area contributed by atoms with Crippen LogP contribution in [-0.2, 0) is 17.9 Å². The minimum absolute atomic E-state index is 0.209. The highest BCUT2D eigenvalue weighted by Crippen LogP contribution is 2.37. The molecule has 0 spiro atoms. The summed E-state index contributed by atoms with van der Waals surface area (Å²) in [5, 5.41) is 7.45. The van der Waals surface area contributed by atoms with Crippen LogP contribution in [0.2, 0.25) is 0 Å². The number of methoxy groups -OCH3 is 2. The van der Waals surface area contributed by atoms with E-state index in [2.05, 4.69) is 10.4 Å². The first-order valence-corrected chi connectivity index (χ1v) is 10.7. The minimum Gasteiger partial charge on any atom is -0.497 e. The average molecular weight is 449 g/mol. The quantitative estimate of drug-likeness (QED) is 0.626. The lowest BCUT2D eigenvalue weighted by molar-refractivity contribution is -0.126. The number of aryl methyl sites for hydroxylation is 2.